The van der Waals surface area contributed by atoms with Crippen molar-refractivity contribution in [2.75, 3.05) is 18.4 Å². The zero-order chi connectivity index (χ0) is 12.3. The van der Waals surface area contributed by atoms with E-state index in [1.807, 2.05) is 12.3 Å². The van der Waals surface area contributed by atoms with Crippen LogP contribution in [-0.4, -0.2) is 18.1 Å². The van der Waals surface area contributed by atoms with Crippen molar-refractivity contribution in [3.63, 3.8) is 0 Å². The van der Waals surface area contributed by atoms with Crippen LogP contribution in [0, 0.1) is 5.41 Å². The third-order valence-corrected chi connectivity index (χ3v) is 3.26. The molecule has 17 heavy (non-hydrogen) atoms. The lowest BCUT2D eigenvalue weighted by molar-refractivity contribution is 0.358. The average Bonchev–Trinajstić information content (AvgIpc) is 2.73. The van der Waals surface area contributed by atoms with Crippen LogP contribution in [0.1, 0.15) is 20.3 Å². The van der Waals surface area contributed by atoms with Crippen LogP contribution in [0.25, 0.3) is 10.9 Å². The second kappa shape index (κ2) is 4.80. The Bertz CT molecular complexity index is 485. The van der Waals surface area contributed by atoms with E-state index in [0.29, 0.717) is 0 Å². The lowest BCUT2D eigenvalue weighted by Gasteiger charge is -2.22. The molecule has 0 aliphatic carbocycles. The second-order valence-corrected chi connectivity index (χ2v) is 5.29. The van der Waals surface area contributed by atoms with Crippen LogP contribution >= 0.6 is 0 Å². The molecule has 0 amide bonds. The molecule has 0 atom stereocenters. The van der Waals surface area contributed by atoms with E-state index in [4.69, 9.17) is 5.73 Å². The highest BCUT2D eigenvalue weighted by Gasteiger charge is 2.14. The molecule has 0 aliphatic heterocycles. The Morgan fingerprint density at radius 2 is 2.06 bits per heavy atom. The minimum absolute atomic E-state index is 0.207. The number of para-hydroxylation sites is 1. The molecule has 0 fully saturated rings. The second-order valence-electron chi connectivity index (χ2n) is 5.29. The Balaban J connectivity index is 2.00. The van der Waals surface area contributed by atoms with Gasteiger partial charge in [-0.15, -0.1) is 0 Å². The maximum absolute atomic E-state index is 5.72. The predicted octanol–water partition coefficient (Wildman–Crippen LogP) is 2.95. The lowest BCUT2D eigenvalue weighted by Crippen LogP contribution is -2.26. The highest BCUT2D eigenvalue weighted by molar-refractivity contribution is 5.92. The fourth-order valence-corrected chi connectivity index (χ4v) is 1.86. The number of anilines is 1. The molecular formula is C14H21N3. The third-order valence-electron chi connectivity index (χ3n) is 3.26. The van der Waals surface area contributed by atoms with E-state index in [0.717, 1.165) is 19.5 Å². The van der Waals surface area contributed by atoms with Crippen molar-refractivity contribution >= 4 is 16.6 Å². The number of hydrogen-bond donors (Lipinski definition) is 3. The first kappa shape index (κ1) is 12.0. The standard InChI is InChI=1S/C14H21N3/c1-14(2,10-15)7-8-16-13-9-17-12-6-4-3-5-11(12)13/h3-6,9,16-17H,7-8,10,15H2,1-2H3. The van der Waals surface area contributed by atoms with E-state index in [1.165, 1.54) is 16.6 Å². The molecule has 0 spiro atoms. The van der Waals surface area contributed by atoms with E-state index in [9.17, 15) is 0 Å². The number of hydrogen-bond acceptors (Lipinski definition) is 2. The van der Waals surface area contributed by atoms with Gasteiger partial charge in [0, 0.05) is 23.6 Å². The van der Waals surface area contributed by atoms with Gasteiger partial charge in [0.1, 0.15) is 0 Å². The summed E-state index contributed by atoms with van der Waals surface area (Å²) < 4.78 is 0. The van der Waals surface area contributed by atoms with Gasteiger partial charge in [-0.2, -0.15) is 0 Å². The highest BCUT2D eigenvalue weighted by atomic mass is 14.9. The molecule has 0 unspecified atom stereocenters. The maximum atomic E-state index is 5.72. The third kappa shape index (κ3) is 2.80. The van der Waals surface area contributed by atoms with Gasteiger partial charge in [-0.05, 0) is 24.4 Å². The Morgan fingerprint density at radius 3 is 2.82 bits per heavy atom. The molecule has 2 rings (SSSR count). The van der Waals surface area contributed by atoms with Gasteiger partial charge in [-0.1, -0.05) is 32.0 Å². The molecule has 4 N–H and O–H groups in total. The summed E-state index contributed by atoms with van der Waals surface area (Å²) in [6, 6.07) is 8.32. The molecule has 3 nitrogen and oxygen atoms in total. The van der Waals surface area contributed by atoms with E-state index in [1.54, 1.807) is 0 Å². The van der Waals surface area contributed by atoms with Gasteiger partial charge in [0.15, 0.2) is 0 Å². The van der Waals surface area contributed by atoms with Crippen LogP contribution in [0.2, 0.25) is 0 Å². The zero-order valence-corrected chi connectivity index (χ0v) is 10.6. The number of benzene rings is 1. The van der Waals surface area contributed by atoms with Gasteiger partial charge in [-0.3, -0.25) is 0 Å². The Morgan fingerprint density at radius 1 is 1.29 bits per heavy atom. The van der Waals surface area contributed by atoms with Crippen molar-refractivity contribution in [2.24, 2.45) is 11.1 Å². The summed E-state index contributed by atoms with van der Waals surface area (Å²) in [6.07, 6.45) is 3.10. The summed E-state index contributed by atoms with van der Waals surface area (Å²) >= 11 is 0. The first-order valence-electron chi connectivity index (χ1n) is 6.12. The number of nitrogens with one attached hydrogen (secondary N) is 2. The van der Waals surface area contributed by atoms with Gasteiger partial charge in [0.05, 0.1) is 5.69 Å². The van der Waals surface area contributed by atoms with Crippen molar-refractivity contribution in [1.29, 1.82) is 0 Å². The van der Waals surface area contributed by atoms with Gasteiger partial charge in [0.25, 0.3) is 0 Å². The lowest BCUT2D eigenvalue weighted by atomic mass is 9.90. The molecule has 0 saturated carbocycles. The topological polar surface area (TPSA) is 53.8 Å². The summed E-state index contributed by atoms with van der Waals surface area (Å²) in [5.74, 6) is 0. The fraction of sp³-hybridized carbons (Fsp3) is 0.429. The summed E-state index contributed by atoms with van der Waals surface area (Å²) in [5.41, 5.74) is 8.28. The minimum atomic E-state index is 0.207. The molecule has 1 aromatic heterocycles. The number of nitrogens with two attached hydrogens (primary N) is 1. The van der Waals surface area contributed by atoms with Gasteiger partial charge < -0.3 is 16.0 Å². The fourth-order valence-electron chi connectivity index (χ4n) is 1.86. The molecule has 1 aromatic carbocycles. The SMILES string of the molecule is CC(C)(CN)CCNc1c[nH]c2ccccc12. The van der Waals surface area contributed by atoms with Crippen molar-refractivity contribution in [1.82, 2.24) is 4.98 Å². The molecule has 0 aliphatic rings. The number of H-pyrrole nitrogens is 1. The summed E-state index contributed by atoms with van der Waals surface area (Å²) in [4.78, 5) is 3.26. The zero-order valence-electron chi connectivity index (χ0n) is 10.6. The van der Waals surface area contributed by atoms with Crippen LogP contribution in [0.4, 0.5) is 5.69 Å². The molecule has 92 valence electrons. The highest BCUT2D eigenvalue weighted by Crippen LogP contribution is 2.24. The monoisotopic (exact) mass is 231 g/mol. The quantitative estimate of drug-likeness (QED) is 0.741. The van der Waals surface area contributed by atoms with E-state index >= 15 is 0 Å². The average molecular weight is 231 g/mol. The number of fused-ring (bicyclic) bond motifs is 1. The Hall–Kier alpha value is -1.48. The largest absolute Gasteiger partial charge is 0.383 e. The summed E-state index contributed by atoms with van der Waals surface area (Å²) in [5, 5.41) is 4.72. The van der Waals surface area contributed by atoms with Gasteiger partial charge in [0.2, 0.25) is 0 Å². The summed E-state index contributed by atoms with van der Waals surface area (Å²) in [7, 11) is 0. The Kier molecular flexibility index (Phi) is 3.38. The van der Waals surface area contributed by atoms with Crippen LogP contribution in [0.5, 0.6) is 0 Å². The number of aromatic nitrogens is 1. The van der Waals surface area contributed by atoms with Gasteiger partial charge in [-0.25, -0.2) is 0 Å². The molecule has 0 bridgehead atoms. The molecular weight excluding hydrogens is 210 g/mol. The van der Waals surface area contributed by atoms with Crippen molar-refractivity contribution in [3.05, 3.63) is 30.5 Å². The van der Waals surface area contributed by atoms with E-state index < -0.39 is 0 Å². The molecule has 0 saturated heterocycles. The first-order chi connectivity index (χ1) is 8.12. The number of aromatic amines is 1. The molecule has 3 heteroatoms. The van der Waals surface area contributed by atoms with Crippen molar-refractivity contribution < 1.29 is 0 Å². The Labute approximate surface area is 102 Å². The molecule has 1 heterocycles. The normalized spacial score (nSPS) is 11.9. The predicted molar refractivity (Wildman–Crippen MR) is 74.2 cm³/mol. The van der Waals surface area contributed by atoms with E-state index in [2.05, 4.69) is 42.3 Å². The van der Waals surface area contributed by atoms with Crippen LogP contribution in [0.3, 0.4) is 0 Å². The first-order valence-corrected chi connectivity index (χ1v) is 6.12. The van der Waals surface area contributed by atoms with Crippen molar-refractivity contribution in [3.8, 4) is 0 Å². The molecule has 2 aromatic rings. The number of rotatable bonds is 5. The van der Waals surface area contributed by atoms with E-state index in [-0.39, 0.29) is 5.41 Å². The summed E-state index contributed by atoms with van der Waals surface area (Å²) in [6.45, 7) is 6.07. The van der Waals surface area contributed by atoms with Crippen molar-refractivity contribution in [2.45, 2.75) is 20.3 Å². The minimum Gasteiger partial charge on any atom is -0.383 e. The molecule has 0 radical (unpaired) electrons. The van der Waals surface area contributed by atoms with Crippen LogP contribution in [0.15, 0.2) is 30.5 Å². The van der Waals surface area contributed by atoms with Gasteiger partial charge >= 0.3 is 0 Å². The van der Waals surface area contributed by atoms with Crippen LogP contribution < -0.4 is 11.1 Å². The van der Waals surface area contributed by atoms with Crippen LogP contribution in [-0.2, 0) is 0 Å². The maximum Gasteiger partial charge on any atom is 0.0597 e. The smallest absolute Gasteiger partial charge is 0.0597 e.